The van der Waals surface area contributed by atoms with E-state index in [0.29, 0.717) is 26.3 Å². The van der Waals surface area contributed by atoms with Crippen molar-refractivity contribution in [2.75, 3.05) is 39.4 Å². The zero-order valence-electron chi connectivity index (χ0n) is 13.6. The van der Waals surface area contributed by atoms with Crippen LogP contribution in [0, 0.1) is 10.1 Å². The van der Waals surface area contributed by atoms with Gasteiger partial charge in [0.25, 0.3) is 0 Å². The number of aromatic nitrogens is 2. The Balaban J connectivity index is 0.00000225. The standard InChI is InChI=1S/C13H18N6O5.ClH/c1-16-11(14-7-12(16)19(21)22)6-15-18-9-10(24-13(18)20)8-17-2-4-23-5-3-17;/h6-7,10H,2-5,8-9H2,1H3;1H. The largest absolute Gasteiger partial charge is 0.441 e. The molecule has 0 aromatic carbocycles. The van der Waals surface area contributed by atoms with Gasteiger partial charge in [-0.25, -0.2) is 14.3 Å². The molecule has 2 aliphatic heterocycles. The monoisotopic (exact) mass is 374 g/mol. The Morgan fingerprint density at radius 2 is 2.20 bits per heavy atom. The van der Waals surface area contributed by atoms with Crippen LogP contribution in [0.4, 0.5) is 10.6 Å². The minimum absolute atomic E-state index is 0. The number of ether oxygens (including phenoxy) is 2. The third-order valence-electron chi connectivity index (χ3n) is 3.92. The van der Waals surface area contributed by atoms with Crippen LogP contribution in [-0.2, 0) is 16.5 Å². The van der Waals surface area contributed by atoms with Crippen molar-refractivity contribution >= 4 is 30.5 Å². The number of nitro groups is 1. The Hall–Kier alpha value is -2.24. The quantitative estimate of drug-likeness (QED) is 0.411. The van der Waals surface area contributed by atoms with Crippen molar-refractivity contribution in [3.8, 4) is 0 Å². The SMILES string of the molecule is Cl.Cn1c([N+](=O)[O-])cnc1C=NN1CC(CN2CCOCC2)OC1=O. The number of imidazole rings is 1. The zero-order valence-corrected chi connectivity index (χ0v) is 14.4. The van der Waals surface area contributed by atoms with Crippen molar-refractivity contribution in [1.29, 1.82) is 0 Å². The normalized spacial score (nSPS) is 21.4. The smallest absolute Gasteiger partial charge is 0.430 e. The maximum absolute atomic E-state index is 11.9. The third kappa shape index (κ3) is 4.44. The first-order valence-corrected chi connectivity index (χ1v) is 7.53. The van der Waals surface area contributed by atoms with Gasteiger partial charge >= 0.3 is 11.9 Å². The highest BCUT2D eigenvalue weighted by atomic mass is 35.5. The highest BCUT2D eigenvalue weighted by Crippen LogP contribution is 2.15. The molecule has 25 heavy (non-hydrogen) atoms. The Bertz CT molecular complexity index is 659. The van der Waals surface area contributed by atoms with Crippen molar-refractivity contribution in [2.24, 2.45) is 12.1 Å². The first kappa shape index (κ1) is 19.1. The second-order valence-electron chi connectivity index (χ2n) is 5.54. The fourth-order valence-corrected chi connectivity index (χ4v) is 2.59. The fraction of sp³-hybridized carbons (Fsp3) is 0.615. The van der Waals surface area contributed by atoms with E-state index in [1.807, 2.05) is 0 Å². The molecule has 0 aliphatic carbocycles. The molecule has 2 saturated heterocycles. The molecule has 0 saturated carbocycles. The Kier molecular flexibility index (Phi) is 6.28. The van der Waals surface area contributed by atoms with E-state index in [-0.39, 0.29) is 30.2 Å². The van der Waals surface area contributed by atoms with Gasteiger partial charge in [0, 0.05) is 19.6 Å². The molecule has 0 radical (unpaired) electrons. The Labute approximate surface area is 149 Å². The van der Waals surface area contributed by atoms with Crippen molar-refractivity contribution in [3.63, 3.8) is 0 Å². The number of rotatable bonds is 5. The molecule has 1 aromatic rings. The molecule has 1 atom stereocenters. The van der Waals surface area contributed by atoms with Crippen LogP contribution < -0.4 is 0 Å². The number of carbonyl (C=O) groups excluding carboxylic acids is 1. The number of hydrazone groups is 1. The van der Waals surface area contributed by atoms with E-state index in [9.17, 15) is 14.9 Å². The average molecular weight is 375 g/mol. The number of halogens is 1. The molecule has 11 nitrogen and oxygen atoms in total. The number of nitrogens with zero attached hydrogens (tertiary/aromatic N) is 6. The van der Waals surface area contributed by atoms with Crippen LogP contribution in [0.5, 0.6) is 0 Å². The lowest BCUT2D eigenvalue weighted by Crippen LogP contribution is -2.41. The van der Waals surface area contributed by atoms with E-state index in [2.05, 4.69) is 15.0 Å². The van der Waals surface area contributed by atoms with Gasteiger partial charge < -0.3 is 19.6 Å². The molecule has 0 spiro atoms. The highest BCUT2D eigenvalue weighted by molar-refractivity contribution is 5.85. The molecule has 2 aliphatic rings. The van der Waals surface area contributed by atoms with Crippen LogP contribution in [0.3, 0.4) is 0 Å². The summed E-state index contributed by atoms with van der Waals surface area (Å²) in [5, 5.41) is 16.0. The van der Waals surface area contributed by atoms with E-state index in [1.165, 1.54) is 22.8 Å². The van der Waals surface area contributed by atoms with Gasteiger partial charge in [-0.05, 0) is 4.92 Å². The van der Waals surface area contributed by atoms with Crippen LogP contribution in [0.1, 0.15) is 5.82 Å². The number of cyclic esters (lactones) is 1. The van der Waals surface area contributed by atoms with E-state index >= 15 is 0 Å². The van der Waals surface area contributed by atoms with Crippen molar-refractivity contribution in [1.82, 2.24) is 19.5 Å². The Morgan fingerprint density at radius 3 is 2.84 bits per heavy atom. The number of hydrogen-bond donors (Lipinski definition) is 0. The molecule has 2 fully saturated rings. The van der Waals surface area contributed by atoms with Gasteiger partial charge in [-0.2, -0.15) is 10.1 Å². The van der Waals surface area contributed by atoms with Gasteiger partial charge in [0.05, 0.1) is 26.8 Å². The molecule has 1 amide bonds. The molecule has 1 aromatic heterocycles. The van der Waals surface area contributed by atoms with Gasteiger partial charge in [0.2, 0.25) is 5.82 Å². The lowest BCUT2D eigenvalue weighted by molar-refractivity contribution is -0.391. The summed E-state index contributed by atoms with van der Waals surface area (Å²) in [5.41, 5.74) is 0. The zero-order chi connectivity index (χ0) is 17.1. The summed E-state index contributed by atoms with van der Waals surface area (Å²) in [4.78, 5) is 28.2. The van der Waals surface area contributed by atoms with Crippen LogP contribution in [-0.4, -0.2) is 82.2 Å². The summed E-state index contributed by atoms with van der Waals surface area (Å²) in [7, 11) is 1.51. The molecule has 3 heterocycles. The van der Waals surface area contributed by atoms with Crippen LogP contribution in [0.2, 0.25) is 0 Å². The molecule has 0 N–H and O–H groups in total. The minimum atomic E-state index is -0.535. The number of amides is 1. The van der Waals surface area contributed by atoms with Crippen molar-refractivity contribution in [3.05, 3.63) is 22.1 Å². The summed E-state index contributed by atoms with van der Waals surface area (Å²) < 4.78 is 11.9. The number of hydrogen-bond acceptors (Lipinski definition) is 8. The third-order valence-corrected chi connectivity index (χ3v) is 3.92. The predicted octanol–water partition coefficient (Wildman–Crippen LogP) is 0.237. The summed E-state index contributed by atoms with van der Waals surface area (Å²) >= 11 is 0. The molecule has 1 unspecified atom stereocenters. The van der Waals surface area contributed by atoms with Crippen LogP contribution in [0.25, 0.3) is 0 Å². The van der Waals surface area contributed by atoms with E-state index in [1.54, 1.807) is 0 Å². The van der Waals surface area contributed by atoms with Gasteiger partial charge in [-0.3, -0.25) is 4.90 Å². The molecule has 12 heteroatoms. The molecule has 3 rings (SSSR count). The van der Waals surface area contributed by atoms with Gasteiger partial charge in [0.1, 0.15) is 18.5 Å². The van der Waals surface area contributed by atoms with Gasteiger partial charge in [-0.15, -0.1) is 12.4 Å². The van der Waals surface area contributed by atoms with E-state index < -0.39 is 11.0 Å². The first-order valence-electron chi connectivity index (χ1n) is 7.53. The molecule has 0 bridgehead atoms. The first-order chi connectivity index (χ1) is 11.5. The van der Waals surface area contributed by atoms with E-state index in [0.717, 1.165) is 19.3 Å². The Morgan fingerprint density at radius 1 is 1.48 bits per heavy atom. The van der Waals surface area contributed by atoms with E-state index in [4.69, 9.17) is 9.47 Å². The second-order valence-corrected chi connectivity index (χ2v) is 5.54. The lowest BCUT2D eigenvalue weighted by atomic mass is 10.3. The maximum Gasteiger partial charge on any atom is 0.430 e. The maximum atomic E-state index is 11.9. The van der Waals surface area contributed by atoms with Gasteiger partial charge in [-0.1, -0.05) is 0 Å². The highest BCUT2D eigenvalue weighted by Gasteiger charge is 2.33. The summed E-state index contributed by atoms with van der Waals surface area (Å²) in [6.07, 6.45) is 1.66. The average Bonchev–Trinajstić information content (AvgIpc) is 3.09. The molecular formula is C13H19ClN6O5. The van der Waals surface area contributed by atoms with Crippen molar-refractivity contribution < 1.29 is 19.2 Å². The topological polar surface area (TPSA) is 115 Å². The predicted molar refractivity (Wildman–Crippen MR) is 88.9 cm³/mol. The van der Waals surface area contributed by atoms with Crippen LogP contribution >= 0.6 is 12.4 Å². The summed E-state index contributed by atoms with van der Waals surface area (Å²) in [6.45, 7) is 3.96. The van der Waals surface area contributed by atoms with Gasteiger partial charge in [0.15, 0.2) is 0 Å². The molecular weight excluding hydrogens is 356 g/mol. The summed E-state index contributed by atoms with van der Waals surface area (Å²) in [5.74, 6) is 0.136. The summed E-state index contributed by atoms with van der Waals surface area (Å²) in [6, 6.07) is 0. The van der Waals surface area contributed by atoms with Crippen molar-refractivity contribution in [2.45, 2.75) is 6.10 Å². The molecule has 138 valence electrons. The second kappa shape index (κ2) is 8.23. The minimum Gasteiger partial charge on any atom is -0.441 e. The number of morpholine rings is 1. The fourth-order valence-electron chi connectivity index (χ4n) is 2.59. The number of carbonyl (C=O) groups is 1. The van der Waals surface area contributed by atoms with Crippen LogP contribution in [0.15, 0.2) is 11.3 Å². The lowest BCUT2D eigenvalue weighted by Gasteiger charge is -2.27.